The lowest BCUT2D eigenvalue weighted by atomic mass is 10.1. The summed E-state index contributed by atoms with van der Waals surface area (Å²) in [6, 6.07) is 1.52. The highest BCUT2D eigenvalue weighted by molar-refractivity contribution is 14.1. The maximum absolute atomic E-state index is 13.0. The number of H-pyrrole nitrogens is 1. The molecule has 184 valence electrons. The van der Waals surface area contributed by atoms with Gasteiger partial charge in [0.25, 0.3) is 11.8 Å². The summed E-state index contributed by atoms with van der Waals surface area (Å²) in [6.07, 6.45) is 0.589. The van der Waals surface area contributed by atoms with Crippen molar-refractivity contribution in [3.05, 3.63) is 17.3 Å². The number of anilines is 1. The number of imidazole rings is 1. The number of ether oxygens (including phenoxy) is 2. The molecule has 3 heterocycles. The molecule has 0 spiro atoms. The van der Waals surface area contributed by atoms with E-state index in [4.69, 9.17) is 14.6 Å². The van der Waals surface area contributed by atoms with Crippen LogP contribution >= 0.6 is 45.2 Å². The number of hydrogen-bond donors (Lipinski definition) is 4. The van der Waals surface area contributed by atoms with E-state index in [-0.39, 0.29) is 64.9 Å². The Morgan fingerprint density at radius 1 is 1.21 bits per heavy atom. The minimum atomic E-state index is -1.07. The van der Waals surface area contributed by atoms with Crippen LogP contribution in [0.4, 0.5) is 5.82 Å². The van der Waals surface area contributed by atoms with Crippen molar-refractivity contribution in [2.75, 3.05) is 34.2 Å². The number of halogens is 2. The summed E-state index contributed by atoms with van der Waals surface area (Å²) in [7, 11) is 0. The number of aliphatic carboxylic acids is 2. The van der Waals surface area contributed by atoms with E-state index in [2.05, 4.69) is 48.1 Å². The zero-order valence-corrected chi connectivity index (χ0v) is 22.1. The van der Waals surface area contributed by atoms with Gasteiger partial charge in [0.05, 0.1) is 10.7 Å². The monoisotopic (exact) mass is 700 g/mol. The number of aromatic amines is 1. The van der Waals surface area contributed by atoms with Crippen molar-refractivity contribution in [2.24, 2.45) is 0 Å². The number of carbonyl (C=O) groups is 3. The van der Waals surface area contributed by atoms with Crippen molar-refractivity contribution >= 4 is 68.8 Å². The molecule has 13 nitrogen and oxygen atoms in total. The average molecular weight is 700 g/mol. The number of carboxylic acid groups (broad SMARTS) is 2. The first-order valence-electron chi connectivity index (χ1n) is 10.1. The number of hydrogen-bond acceptors (Lipinski definition) is 9. The second-order valence-corrected chi connectivity index (χ2v) is 8.45. The Labute approximate surface area is 221 Å². The molecule has 0 bridgehead atoms. The molecule has 1 fully saturated rings. The number of amides is 1. The molecule has 1 unspecified atom stereocenters. The Hall–Kier alpha value is -2.28. The standard InChI is InChI=1S/C19H22I2N6O7/c20-8-33-11-3-4-27(7-11)19(32)12-5-10(1-2-13(28)29)15(26-25-12)16-23-17(22-6-14(30)31)18(24-16)34-9-21/h5,11,22H,1-4,6-9H2,(H,23,24)(H,28,29)(H,30,31). The Morgan fingerprint density at radius 2 is 2.00 bits per heavy atom. The van der Waals surface area contributed by atoms with Crippen molar-refractivity contribution in [3.63, 3.8) is 0 Å². The third-order valence-corrected chi connectivity index (χ3v) is 5.60. The maximum atomic E-state index is 13.0. The molecule has 4 N–H and O–H groups in total. The van der Waals surface area contributed by atoms with E-state index in [1.54, 1.807) is 4.90 Å². The highest BCUT2D eigenvalue weighted by atomic mass is 127. The van der Waals surface area contributed by atoms with Gasteiger partial charge in [0, 0.05) is 19.5 Å². The SMILES string of the molecule is O=C(O)CCc1cc(C(=O)N2CCC(OCI)C2)nnc1-c1nc(OCI)c(NCC(=O)O)[nH]1. The van der Waals surface area contributed by atoms with Crippen molar-refractivity contribution < 1.29 is 34.1 Å². The summed E-state index contributed by atoms with van der Waals surface area (Å²) >= 11 is 4.08. The second-order valence-electron chi connectivity index (χ2n) is 7.20. The van der Waals surface area contributed by atoms with E-state index in [0.717, 1.165) is 6.42 Å². The van der Waals surface area contributed by atoms with Gasteiger partial charge in [-0.15, -0.1) is 10.2 Å². The molecule has 1 aliphatic rings. The van der Waals surface area contributed by atoms with E-state index in [1.807, 2.05) is 22.6 Å². The van der Waals surface area contributed by atoms with E-state index < -0.39 is 11.9 Å². The molecule has 2 aromatic rings. The minimum absolute atomic E-state index is 0.0317. The van der Waals surface area contributed by atoms with Gasteiger partial charge >= 0.3 is 11.9 Å². The van der Waals surface area contributed by atoms with Gasteiger partial charge in [0.15, 0.2) is 17.3 Å². The first-order chi connectivity index (χ1) is 16.3. The van der Waals surface area contributed by atoms with Gasteiger partial charge in [-0.3, -0.25) is 14.4 Å². The van der Waals surface area contributed by atoms with Gasteiger partial charge in [0.1, 0.15) is 16.9 Å². The molecule has 1 saturated heterocycles. The zero-order valence-electron chi connectivity index (χ0n) is 17.8. The highest BCUT2D eigenvalue weighted by Crippen LogP contribution is 2.29. The van der Waals surface area contributed by atoms with E-state index >= 15 is 0 Å². The van der Waals surface area contributed by atoms with E-state index in [9.17, 15) is 19.5 Å². The smallest absolute Gasteiger partial charge is 0.322 e. The van der Waals surface area contributed by atoms with Crippen molar-refractivity contribution in [2.45, 2.75) is 25.4 Å². The molecular formula is C19H22I2N6O7. The molecule has 3 rings (SSSR count). The van der Waals surface area contributed by atoms with Gasteiger partial charge in [-0.25, -0.2) is 0 Å². The van der Waals surface area contributed by atoms with Gasteiger partial charge in [-0.1, -0.05) is 22.6 Å². The molecule has 0 aliphatic carbocycles. The first kappa shape index (κ1) is 26.3. The predicted octanol–water partition coefficient (Wildman–Crippen LogP) is 1.78. The minimum Gasteiger partial charge on any atom is -0.481 e. The summed E-state index contributed by atoms with van der Waals surface area (Å²) in [6.45, 7) is 0.605. The Balaban J connectivity index is 1.91. The van der Waals surface area contributed by atoms with Crippen molar-refractivity contribution in [1.29, 1.82) is 0 Å². The zero-order chi connectivity index (χ0) is 24.7. The third-order valence-electron chi connectivity index (χ3n) is 4.93. The van der Waals surface area contributed by atoms with Gasteiger partial charge < -0.3 is 34.9 Å². The maximum Gasteiger partial charge on any atom is 0.322 e. The summed E-state index contributed by atoms with van der Waals surface area (Å²) in [5.74, 6) is -1.82. The van der Waals surface area contributed by atoms with Crippen molar-refractivity contribution in [3.8, 4) is 17.4 Å². The summed E-state index contributed by atoms with van der Waals surface area (Å²) < 4.78 is 11.8. The summed E-state index contributed by atoms with van der Waals surface area (Å²) in [5.41, 5.74) is 0.797. The lowest BCUT2D eigenvalue weighted by Gasteiger charge is -2.16. The van der Waals surface area contributed by atoms with Crippen LogP contribution < -0.4 is 10.1 Å². The molecule has 0 radical (unpaired) electrons. The molecule has 34 heavy (non-hydrogen) atoms. The van der Waals surface area contributed by atoms with Crippen LogP contribution in [0.3, 0.4) is 0 Å². The van der Waals surface area contributed by atoms with Gasteiger partial charge in [0.2, 0.25) is 0 Å². The van der Waals surface area contributed by atoms with Crippen LogP contribution in [0.2, 0.25) is 0 Å². The molecule has 2 aromatic heterocycles. The normalized spacial score (nSPS) is 15.4. The van der Waals surface area contributed by atoms with Crippen LogP contribution in [-0.2, 0) is 20.7 Å². The lowest BCUT2D eigenvalue weighted by Crippen LogP contribution is -2.31. The van der Waals surface area contributed by atoms with Gasteiger partial charge in [-0.2, -0.15) is 4.98 Å². The molecule has 0 aromatic carbocycles. The largest absolute Gasteiger partial charge is 0.481 e. The van der Waals surface area contributed by atoms with Crippen LogP contribution in [0.1, 0.15) is 28.9 Å². The Bertz CT molecular complexity index is 1050. The number of nitrogens with zero attached hydrogens (tertiary/aromatic N) is 4. The number of carboxylic acids is 2. The number of carbonyl (C=O) groups excluding carboxylic acids is 1. The fourth-order valence-corrected chi connectivity index (χ4v) is 4.18. The molecular weight excluding hydrogens is 678 g/mol. The van der Waals surface area contributed by atoms with Crippen LogP contribution in [0.25, 0.3) is 11.5 Å². The second kappa shape index (κ2) is 12.4. The molecule has 0 saturated carbocycles. The highest BCUT2D eigenvalue weighted by Gasteiger charge is 2.29. The van der Waals surface area contributed by atoms with Crippen LogP contribution in [0, 0.1) is 0 Å². The average Bonchev–Trinajstić information content (AvgIpc) is 3.43. The third kappa shape index (κ3) is 6.87. The Kier molecular flexibility index (Phi) is 9.63. The summed E-state index contributed by atoms with van der Waals surface area (Å²) in [4.78, 5) is 44.0. The lowest BCUT2D eigenvalue weighted by molar-refractivity contribution is -0.137. The predicted molar refractivity (Wildman–Crippen MR) is 135 cm³/mol. The molecule has 1 aliphatic heterocycles. The number of nitrogens with one attached hydrogen (secondary N) is 2. The van der Waals surface area contributed by atoms with Crippen LogP contribution in [0.15, 0.2) is 6.07 Å². The van der Waals surface area contributed by atoms with Crippen molar-refractivity contribution in [1.82, 2.24) is 25.1 Å². The topological polar surface area (TPSA) is 180 Å². The number of alkyl halides is 2. The number of aromatic nitrogens is 4. The number of aryl methyl sites for hydroxylation is 1. The number of likely N-dealkylation sites (tertiary alicyclic amines) is 1. The summed E-state index contributed by atoms with van der Waals surface area (Å²) in [5, 5.41) is 29.0. The van der Waals surface area contributed by atoms with Gasteiger partial charge in [-0.05, 0) is 47.1 Å². The molecule has 15 heteroatoms. The fourth-order valence-electron chi connectivity index (χ4n) is 3.38. The molecule has 1 atom stereocenters. The first-order valence-corrected chi connectivity index (χ1v) is 13.2. The number of rotatable bonds is 12. The van der Waals surface area contributed by atoms with Crippen LogP contribution in [0.5, 0.6) is 5.88 Å². The Morgan fingerprint density at radius 3 is 2.68 bits per heavy atom. The van der Waals surface area contributed by atoms with Crippen LogP contribution in [-0.4, -0.2) is 88.1 Å². The van der Waals surface area contributed by atoms with E-state index in [1.165, 1.54) is 6.07 Å². The fraction of sp³-hybridized carbons (Fsp3) is 0.474. The van der Waals surface area contributed by atoms with E-state index in [0.29, 0.717) is 23.3 Å². The molecule has 1 amide bonds. The quantitative estimate of drug-likeness (QED) is 0.187.